The fourth-order valence-corrected chi connectivity index (χ4v) is 3.07. The maximum absolute atomic E-state index is 13.3. The molecule has 0 aliphatic carbocycles. The Hall–Kier alpha value is -1.70. The number of halogens is 3. The Balaban J connectivity index is 2.26. The number of carbonyl (C=O) groups excluding carboxylic acids is 1. The molecule has 0 aliphatic heterocycles. The Labute approximate surface area is 170 Å². The molecule has 2 aromatic rings. The van der Waals surface area contributed by atoms with Gasteiger partial charge in [0.25, 0.3) is 11.1 Å². The van der Waals surface area contributed by atoms with Gasteiger partial charge in [0.2, 0.25) is 0 Å². The van der Waals surface area contributed by atoms with Gasteiger partial charge < -0.3 is 15.0 Å². The number of nitrogens with zero attached hydrogens (tertiary/aromatic N) is 1. The van der Waals surface area contributed by atoms with Crippen LogP contribution in [0.3, 0.4) is 0 Å². The summed E-state index contributed by atoms with van der Waals surface area (Å²) < 4.78 is 19.7. The van der Waals surface area contributed by atoms with Crippen molar-refractivity contribution in [2.75, 3.05) is 18.4 Å². The van der Waals surface area contributed by atoms with E-state index in [9.17, 15) is 9.18 Å². The van der Waals surface area contributed by atoms with Crippen LogP contribution >= 0.6 is 39.7 Å². The summed E-state index contributed by atoms with van der Waals surface area (Å²) in [6.45, 7) is 5.32. The molecule has 0 heterocycles. The van der Waals surface area contributed by atoms with Gasteiger partial charge in [0.05, 0.1) is 10.6 Å². The fraction of sp³-hybridized carbons (Fsp3) is 0.222. The second kappa shape index (κ2) is 9.30. The van der Waals surface area contributed by atoms with Gasteiger partial charge in [-0.15, -0.1) is 0 Å². The molecular weight excluding hydrogens is 443 g/mol. The number of anilines is 1. The molecule has 8 heteroatoms. The normalized spacial score (nSPS) is 10.3. The Morgan fingerprint density at radius 2 is 1.96 bits per heavy atom. The Kier molecular flexibility index (Phi) is 7.37. The average molecular weight is 460 g/mol. The van der Waals surface area contributed by atoms with E-state index >= 15 is 0 Å². The van der Waals surface area contributed by atoms with Crippen molar-refractivity contribution in [1.29, 1.82) is 0 Å². The van der Waals surface area contributed by atoms with Gasteiger partial charge >= 0.3 is 0 Å². The lowest BCUT2D eigenvalue weighted by Crippen LogP contribution is -2.33. The minimum absolute atomic E-state index is 0.0729. The first-order chi connectivity index (χ1) is 12.3. The van der Waals surface area contributed by atoms with Crippen molar-refractivity contribution < 1.29 is 13.9 Å². The number of amides is 1. The summed E-state index contributed by atoms with van der Waals surface area (Å²) in [4.78, 5) is 14.5. The minimum Gasteiger partial charge on any atom is -0.431 e. The maximum atomic E-state index is 13.3. The first kappa shape index (κ1) is 20.6. The third kappa shape index (κ3) is 5.16. The summed E-state index contributed by atoms with van der Waals surface area (Å²) in [5.41, 5.74) is 0.660. The Morgan fingerprint density at radius 1 is 1.27 bits per heavy atom. The first-order valence-corrected chi connectivity index (χ1v) is 9.46. The molecule has 0 saturated heterocycles. The van der Waals surface area contributed by atoms with Crippen molar-refractivity contribution in [2.45, 2.75) is 13.8 Å². The number of benzene rings is 2. The lowest BCUT2D eigenvalue weighted by Gasteiger charge is -2.22. The molecule has 4 nitrogen and oxygen atoms in total. The maximum Gasteiger partial charge on any atom is 0.264 e. The van der Waals surface area contributed by atoms with Gasteiger partial charge in [-0.25, -0.2) is 4.39 Å². The number of ether oxygens (including phenoxy) is 1. The van der Waals surface area contributed by atoms with Crippen molar-refractivity contribution in [1.82, 2.24) is 4.90 Å². The Morgan fingerprint density at radius 3 is 2.58 bits per heavy atom. The monoisotopic (exact) mass is 458 g/mol. The number of carbonyl (C=O) groups is 1. The van der Waals surface area contributed by atoms with Crippen LogP contribution in [0.4, 0.5) is 10.1 Å². The first-order valence-electron chi connectivity index (χ1n) is 7.88. The molecule has 0 aliphatic rings. The summed E-state index contributed by atoms with van der Waals surface area (Å²) in [6, 6.07) is 9.00. The summed E-state index contributed by atoms with van der Waals surface area (Å²) >= 11 is 14.4. The van der Waals surface area contributed by atoms with E-state index in [0.29, 0.717) is 29.0 Å². The largest absolute Gasteiger partial charge is 0.431 e. The van der Waals surface area contributed by atoms with Crippen LogP contribution < -0.4 is 10.1 Å². The quantitative estimate of drug-likeness (QED) is 0.600. The second-order valence-corrected chi connectivity index (χ2v) is 6.94. The third-order valence-corrected chi connectivity index (χ3v) is 4.71. The van der Waals surface area contributed by atoms with E-state index < -0.39 is 11.7 Å². The van der Waals surface area contributed by atoms with E-state index in [0.717, 1.165) is 0 Å². The zero-order chi connectivity index (χ0) is 19.3. The zero-order valence-electron chi connectivity index (χ0n) is 14.2. The predicted molar refractivity (Wildman–Crippen MR) is 110 cm³/mol. The average Bonchev–Trinajstić information content (AvgIpc) is 2.60. The van der Waals surface area contributed by atoms with Crippen molar-refractivity contribution in [3.05, 3.63) is 57.3 Å². The number of rotatable bonds is 5. The van der Waals surface area contributed by atoms with Gasteiger partial charge in [0, 0.05) is 23.2 Å². The van der Waals surface area contributed by atoms with E-state index in [-0.39, 0.29) is 15.8 Å². The van der Waals surface area contributed by atoms with Crippen LogP contribution in [0.1, 0.15) is 24.2 Å². The molecule has 0 spiro atoms. The van der Waals surface area contributed by atoms with E-state index in [1.54, 1.807) is 18.2 Å². The SMILES string of the molecule is CCN(CC)C(=S)Oc1ccc(Br)cc1C(=O)Nc1ccc(F)c(Cl)c1. The molecule has 138 valence electrons. The number of hydrogen-bond donors (Lipinski definition) is 1. The van der Waals surface area contributed by atoms with Crippen LogP contribution in [0.5, 0.6) is 5.75 Å². The van der Waals surface area contributed by atoms with Crippen molar-refractivity contribution >= 4 is 56.5 Å². The molecule has 0 saturated carbocycles. The summed E-state index contributed by atoms with van der Waals surface area (Å²) in [5.74, 6) is -0.650. The number of nitrogens with one attached hydrogen (secondary N) is 1. The lowest BCUT2D eigenvalue weighted by molar-refractivity contribution is 0.102. The van der Waals surface area contributed by atoms with Crippen LogP contribution in [0.15, 0.2) is 40.9 Å². The van der Waals surface area contributed by atoms with E-state index in [2.05, 4.69) is 21.2 Å². The van der Waals surface area contributed by atoms with Gasteiger partial charge in [0.15, 0.2) is 0 Å². The Bertz CT molecular complexity index is 831. The van der Waals surface area contributed by atoms with Crippen LogP contribution in [-0.4, -0.2) is 29.1 Å². The number of thiocarbonyl (C=S) groups is 1. The molecule has 0 radical (unpaired) electrons. The zero-order valence-corrected chi connectivity index (χ0v) is 17.3. The minimum atomic E-state index is -0.555. The van der Waals surface area contributed by atoms with Gasteiger partial charge in [0.1, 0.15) is 11.6 Å². The summed E-state index contributed by atoms with van der Waals surface area (Å²) in [5, 5.41) is 2.89. The van der Waals surface area contributed by atoms with Crippen LogP contribution in [0.2, 0.25) is 5.02 Å². The van der Waals surface area contributed by atoms with E-state index in [1.165, 1.54) is 18.2 Å². The molecular formula is C18H17BrClFN2O2S. The van der Waals surface area contributed by atoms with Gasteiger partial charge in [-0.1, -0.05) is 27.5 Å². The molecule has 0 aromatic heterocycles. The number of hydrogen-bond acceptors (Lipinski definition) is 3. The van der Waals surface area contributed by atoms with Gasteiger partial charge in [-0.2, -0.15) is 0 Å². The third-order valence-electron chi connectivity index (χ3n) is 3.58. The highest BCUT2D eigenvalue weighted by Crippen LogP contribution is 2.26. The molecule has 2 aromatic carbocycles. The van der Waals surface area contributed by atoms with Crippen molar-refractivity contribution in [3.8, 4) is 5.75 Å². The van der Waals surface area contributed by atoms with Gasteiger partial charge in [-0.3, -0.25) is 4.79 Å². The summed E-state index contributed by atoms with van der Waals surface area (Å²) in [6.07, 6.45) is 0. The standard InChI is InChI=1S/C18H17BrClFN2O2S/c1-3-23(4-2)18(26)25-16-8-5-11(19)9-13(16)17(24)22-12-6-7-15(21)14(20)10-12/h5-10H,3-4H2,1-2H3,(H,22,24). The molecule has 2 rings (SSSR count). The smallest absolute Gasteiger partial charge is 0.264 e. The molecule has 1 N–H and O–H groups in total. The topological polar surface area (TPSA) is 41.6 Å². The van der Waals surface area contributed by atoms with Crippen LogP contribution in [-0.2, 0) is 0 Å². The molecule has 0 atom stereocenters. The fourth-order valence-electron chi connectivity index (χ4n) is 2.18. The van der Waals surface area contributed by atoms with Crippen LogP contribution in [0.25, 0.3) is 0 Å². The highest BCUT2D eigenvalue weighted by molar-refractivity contribution is 9.10. The highest BCUT2D eigenvalue weighted by atomic mass is 79.9. The molecule has 0 bridgehead atoms. The molecule has 26 heavy (non-hydrogen) atoms. The second-order valence-electron chi connectivity index (χ2n) is 5.26. The predicted octanol–water partition coefficient (Wildman–Crippen LogP) is 5.50. The molecule has 1 amide bonds. The molecule has 0 fully saturated rings. The highest BCUT2D eigenvalue weighted by Gasteiger charge is 2.17. The van der Waals surface area contributed by atoms with E-state index in [1.807, 2.05) is 18.7 Å². The van der Waals surface area contributed by atoms with Crippen molar-refractivity contribution in [3.63, 3.8) is 0 Å². The van der Waals surface area contributed by atoms with E-state index in [4.69, 9.17) is 28.6 Å². The molecule has 0 unspecified atom stereocenters. The lowest BCUT2D eigenvalue weighted by atomic mass is 10.2. The summed E-state index contributed by atoms with van der Waals surface area (Å²) in [7, 11) is 0. The van der Waals surface area contributed by atoms with Crippen LogP contribution in [0, 0.1) is 5.82 Å². The van der Waals surface area contributed by atoms with Gasteiger partial charge in [-0.05, 0) is 62.5 Å². The van der Waals surface area contributed by atoms with Crippen molar-refractivity contribution in [2.24, 2.45) is 0 Å².